The SMILES string of the molecule is CCOC(=O)CCN[C@H](CC(C)C)C(=O)OCc1ccccc1. The van der Waals surface area contributed by atoms with E-state index in [9.17, 15) is 9.59 Å². The van der Waals surface area contributed by atoms with Gasteiger partial charge in [0.05, 0.1) is 13.0 Å². The van der Waals surface area contributed by atoms with Crippen molar-refractivity contribution in [1.82, 2.24) is 5.32 Å². The van der Waals surface area contributed by atoms with Crippen molar-refractivity contribution in [3.05, 3.63) is 35.9 Å². The van der Waals surface area contributed by atoms with Crippen LogP contribution in [0.3, 0.4) is 0 Å². The lowest BCUT2D eigenvalue weighted by Gasteiger charge is -2.19. The van der Waals surface area contributed by atoms with Crippen LogP contribution in [-0.2, 0) is 25.7 Å². The highest BCUT2D eigenvalue weighted by molar-refractivity contribution is 5.76. The van der Waals surface area contributed by atoms with Gasteiger partial charge in [-0.15, -0.1) is 0 Å². The van der Waals surface area contributed by atoms with Gasteiger partial charge in [-0.1, -0.05) is 44.2 Å². The molecule has 5 heteroatoms. The summed E-state index contributed by atoms with van der Waals surface area (Å²) in [5, 5.41) is 3.10. The van der Waals surface area contributed by atoms with Crippen molar-refractivity contribution >= 4 is 11.9 Å². The molecule has 0 bridgehead atoms. The van der Waals surface area contributed by atoms with E-state index in [4.69, 9.17) is 9.47 Å². The lowest BCUT2D eigenvalue weighted by atomic mass is 10.0. The van der Waals surface area contributed by atoms with Crippen molar-refractivity contribution in [3.8, 4) is 0 Å². The summed E-state index contributed by atoms with van der Waals surface area (Å²) in [5.41, 5.74) is 0.954. The molecule has 0 saturated heterocycles. The molecule has 1 aromatic rings. The molecule has 0 amide bonds. The third-order valence-electron chi connectivity index (χ3n) is 3.24. The molecule has 5 nitrogen and oxygen atoms in total. The highest BCUT2D eigenvalue weighted by atomic mass is 16.5. The number of benzene rings is 1. The summed E-state index contributed by atoms with van der Waals surface area (Å²) in [7, 11) is 0. The van der Waals surface area contributed by atoms with E-state index in [-0.39, 0.29) is 25.0 Å². The maximum absolute atomic E-state index is 12.3. The molecular formula is C18H27NO4. The second-order valence-corrected chi connectivity index (χ2v) is 5.78. The van der Waals surface area contributed by atoms with Crippen molar-refractivity contribution in [2.24, 2.45) is 5.92 Å². The van der Waals surface area contributed by atoms with Crippen LogP contribution in [0.2, 0.25) is 0 Å². The maximum atomic E-state index is 12.3. The molecule has 0 aliphatic heterocycles. The number of carbonyl (C=O) groups is 2. The molecule has 0 unspecified atom stereocenters. The van der Waals surface area contributed by atoms with Crippen LogP contribution in [0.4, 0.5) is 0 Å². The summed E-state index contributed by atoms with van der Waals surface area (Å²) in [6.45, 7) is 6.89. The predicted octanol–water partition coefficient (Wildman–Crippen LogP) is 2.69. The first-order chi connectivity index (χ1) is 11.0. The van der Waals surface area contributed by atoms with E-state index < -0.39 is 6.04 Å². The van der Waals surface area contributed by atoms with E-state index >= 15 is 0 Å². The van der Waals surface area contributed by atoms with Crippen molar-refractivity contribution < 1.29 is 19.1 Å². The Kier molecular flexibility index (Phi) is 8.98. The van der Waals surface area contributed by atoms with E-state index in [1.165, 1.54) is 0 Å². The fraction of sp³-hybridized carbons (Fsp3) is 0.556. The normalized spacial score (nSPS) is 12.0. The van der Waals surface area contributed by atoms with E-state index in [0.29, 0.717) is 25.5 Å². The highest BCUT2D eigenvalue weighted by Gasteiger charge is 2.21. The Morgan fingerprint density at radius 1 is 1.13 bits per heavy atom. The van der Waals surface area contributed by atoms with Crippen molar-refractivity contribution in [2.45, 2.75) is 46.3 Å². The smallest absolute Gasteiger partial charge is 0.323 e. The lowest BCUT2D eigenvalue weighted by Crippen LogP contribution is -2.40. The quantitative estimate of drug-likeness (QED) is 0.671. The van der Waals surface area contributed by atoms with E-state index in [1.807, 2.05) is 44.2 Å². The number of rotatable bonds is 10. The third-order valence-corrected chi connectivity index (χ3v) is 3.24. The minimum atomic E-state index is -0.409. The highest BCUT2D eigenvalue weighted by Crippen LogP contribution is 2.09. The standard InChI is InChI=1S/C18H27NO4/c1-4-22-17(20)10-11-19-16(12-14(2)3)18(21)23-13-15-8-6-5-7-9-15/h5-9,14,16,19H,4,10-13H2,1-3H3/t16-/m1/s1. The van der Waals surface area contributed by atoms with Gasteiger partial charge in [-0.25, -0.2) is 0 Å². The minimum Gasteiger partial charge on any atom is -0.466 e. The Morgan fingerprint density at radius 3 is 2.43 bits per heavy atom. The van der Waals surface area contributed by atoms with Gasteiger partial charge in [0.15, 0.2) is 0 Å². The number of hydrogen-bond acceptors (Lipinski definition) is 5. The zero-order valence-corrected chi connectivity index (χ0v) is 14.2. The molecule has 1 rings (SSSR count). The number of hydrogen-bond donors (Lipinski definition) is 1. The van der Waals surface area contributed by atoms with Gasteiger partial charge in [-0.2, -0.15) is 0 Å². The third kappa shape index (κ3) is 8.35. The molecule has 0 aliphatic carbocycles. The van der Waals surface area contributed by atoms with Crippen LogP contribution in [0.5, 0.6) is 0 Å². The van der Waals surface area contributed by atoms with Gasteiger partial charge >= 0.3 is 11.9 Å². The van der Waals surface area contributed by atoms with E-state index in [0.717, 1.165) is 5.56 Å². The Morgan fingerprint density at radius 2 is 1.83 bits per heavy atom. The zero-order chi connectivity index (χ0) is 17.1. The van der Waals surface area contributed by atoms with Crippen molar-refractivity contribution in [1.29, 1.82) is 0 Å². The van der Waals surface area contributed by atoms with Gasteiger partial charge in [0.2, 0.25) is 0 Å². The molecule has 1 atom stereocenters. The molecule has 0 aliphatic rings. The first-order valence-corrected chi connectivity index (χ1v) is 8.12. The zero-order valence-electron chi connectivity index (χ0n) is 14.2. The second-order valence-electron chi connectivity index (χ2n) is 5.78. The van der Waals surface area contributed by atoms with Gasteiger partial charge < -0.3 is 14.8 Å². The lowest BCUT2D eigenvalue weighted by molar-refractivity contribution is -0.149. The summed E-state index contributed by atoms with van der Waals surface area (Å²) in [6, 6.07) is 9.16. The first kappa shape index (κ1) is 19.2. The molecule has 0 heterocycles. The molecule has 0 spiro atoms. The number of nitrogens with one attached hydrogen (secondary N) is 1. The monoisotopic (exact) mass is 321 g/mol. The van der Waals surface area contributed by atoms with Gasteiger partial charge in [0, 0.05) is 6.54 Å². The van der Waals surface area contributed by atoms with Crippen LogP contribution < -0.4 is 5.32 Å². The molecule has 1 N–H and O–H groups in total. The molecule has 23 heavy (non-hydrogen) atoms. The first-order valence-electron chi connectivity index (χ1n) is 8.12. The van der Waals surface area contributed by atoms with E-state index in [1.54, 1.807) is 6.92 Å². The summed E-state index contributed by atoms with van der Waals surface area (Å²) >= 11 is 0. The van der Waals surface area contributed by atoms with Crippen molar-refractivity contribution in [3.63, 3.8) is 0 Å². The van der Waals surface area contributed by atoms with Crippen LogP contribution in [-0.4, -0.2) is 31.1 Å². The average molecular weight is 321 g/mol. The largest absolute Gasteiger partial charge is 0.466 e. The topological polar surface area (TPSA) is 64.6 Å². The summed E-state index contributed by atoms with van der Waals surface area (Å²) in [5.74, 6) is -0.202. The average Bonchev–Trinajstić information content (AvgIpc) is 2.52. The Balaban J connectivity index is 2.45. The van der Waals surface area contributed by atoms with Gasteiger partial charge in [-0.05, 0) is 24.8 Å². The van der Waals surface area contributed by atoms with Gasteiger partial charge in [0.25, 0.3) is 0 Å². The fourth-order valence-corrected chi connectivity index (χ4v) is 2.15. The second kappa shape index (κ2) is 10.8. The minimum absolute atomic E-state index is 0.244. The van der Waals surface area contributed by atoms with Crippen LogP contribution in [0.15, 0.2) is 30.3 Å². The van der Waals surface area contributed by atoms with Crippen LogP contribution in [0.25, 0.3) is 0 Å². The Bertz CT molecular complexity index is 473. The molecule has 0 aromatic heterocycles. The molecular weight excluding hydrogens is 294 g/mol. The maximum Gasteiger partial charge on any atom is 0.323 e. The Hall–Kier alpha value is -1.88. The van der Waals surface area contributed by atoms with Gasteiger partial charge in [-0.3, -0.25) is 9.59 Å². The number of esters is 2. The van der Waals surface area contributed by atoms with E-state index in [2.05, 4.69) is 5.32 Å². The summed E-state index contributed by atoms with van der Waals surface area (Å²) in [6.07, 6.45) is 0.908. The van der Waals surface area contributed by atoms with Crippen molar-refractivity contribution in [2.75, 3.05) is 13.2 Å². The molecule has 0 saturated carbocycles. The molecule has 128 valence electrons. The van der Waals surface area contributed by atoms with Crippen LogP contribution >= 0.6 is 0 Å². The van der Waals surface area contributed by atoms with Gasteiger partial charge in [0.1, 0.15) is 12.6 Å². The molecule has 0 radical (unpaired) electrons. The molecule has 0 fully saturated rings. The number of ether oxygens (including phenoxy) is 2. The fourth-order valence-electron chi connectivity index (χ4n) is 2.15. The summed E-state index contributed by atoms with van der Waals surface area (Å²) < 4.78 is 10.3. The van der Waals surface area contributed by atoms with Crippen LogP contribution in [0.1, 0.15) is 39.2 Å². The Labute approximate surface area is 138 Å². The predicted molar refractivity (Wildman–Crippen MR) is 88.7 cm³/mol. The molecule has 1 aromatic carbocycles. The van der Waals surface area contributed by atoms with Crippen LogP contribution in [0, 0.1) is 5.92 Å². The summed E-state index contributed by atoms with van der Waals surface area (Å²) in [4.78, 5) is 23.6. The number of carbonyl (C=O) groups excluding carboxylic acids is 2.